The summed E-state index contributed by atoms with van der Waals surface area (Å²) in [4.78, 5) is 16.5. The molecule has 0 aliphatic rings. The maximum atomic E-state index is 13.7. The summed E-state index contributed by atoms with van der Waals surface area (Å²) in [5.41, 5.74) is 2.42. The molecule has 0 spiro atoms. The van der Waals surface area contributed by atoms with Gasteiger partial charge in [-0.25, -0.2) is 9.37 Å². The van der Waals surface area contributed by atoms with E-state index in [1.807, 2.05) is 50.4 Å². The van der Waals surface area contributed by atoms with Crippen molar-refractivity contribution >= 4 is 33.8 Å². The van der Waals surface area contributed by atoms with Crippen LogP contribution in [0.3, 0.4) is 0 Å². The molecule has 1 amide bonds. The van der Waals surface area contributed by atoms with Gasteiger partial charge in [0, 0.05) is 22.0 Å². The minimum atomic E-state index is -0.444. The van der Waals surface area contributed by atoms with Gasteiger partial charge < -0.3 is 10.6 Å². The number of anilines is 3. The molecule has 0 saturated carbocycles. The van der Waals surface area contributed by atoms with Crippen molar-refractivity contribution in [1.82, 2.24) is 4.98 Å². The van der Waals surface area contributed by atoms with Crippen molar-refractivity contribution in [3.05, 3.63) is 59.7 Å². The number of hydrogen-bond acceptors (Lipinski definition) is 4. The standard InChI is InChI=1S/C20H20FN3OS/c1-20(2,3)18(25)22-14-10-8-13(9-11-14)17-12-26-19(24-17)23-16-7-5-4-6-15(16)21/h4-12H,1-3H3,(H,22,25)(H,23,24). The van der Waals surface area contributed by atoms with E-state index in [4.69, 9.17) is 0 Å². The van der Waals surface area contributed by atoms with Gasteiger partial charge in [0.05, 0.1) is 11.4 Å². The summed E-state index contributed by atoms with van der Waals surface area (Å²) in [6, 6.07) is 14.0. The molecular formula is C20H20FN3OS. The largest absolute Gasteiger partial charge is 0.329 e. The number of aromatic nitrogens is 1. The van der Waals surface area contributed by atoms with E-state index in [1.54, 1.807) is 18.2 Å². The maximum Gasteiger partial charge on any atom is 0.229 e. The van der Waals surface area contributed by atoms with Crippen LogP contribution in [0.25, 0.3) is 11.3 Å². The number of nitrogens with zero attached hydrogens (tertiary/aromatic N) is 1. The topological polar surface area (TPSA) is 54.0 Å². The fraction of sp³-hybridized carbons (Fsp3) is 0.200. The molecule has 134 valence electrons. The van der Waals surface area contributed by atoms with Gasteiger partial charge in [-0.05, 0) is 24.3 Å². The zero-order valence-electron chi connectivity index (χ0n) is 14.8. The second-order valence-corrected chi connectivity index (χ2v) is 7.78. The van der Waals surface area contributed by atoms with Gasteiger partial charge in [-0.15, -0.1) is 11.3 Å². The molecule has 0 aliphatic heterocycles. The third-order valence-corrected chi connectivity index (χ3v) is 4.50. The molecule has 26 heavy (non-hydrogen) atoms. The first-order chi connectivity index (χ1) is 12.3. The molecule has 1 aromatic heterocycles. The zero-order valence-corrected chi connectivity index (χ0v) is 15.7. The lowest BCUT2D eigenvalue weighted by molar-refractivity contribution is -0.123. The zero-order chi connectivity index (χ0) is 18.7. The lowest BCUT2D eigenvalue weighted by atomic mass is 9.95. The number of nitrogens with one attached hydrogen (secondary N) is 2. The predicted molar refractivity (Wildman–Crippen MR) is 105 cm³/mol. The van der Waals surface area contributed by atoms with Crippen molar-refractivity contribution < 1.29 is 9.18 Å². The first kappa shape index (κ1) is 18.1. The van der Waals surface area contributed by atoms with Crippen LogP contribution in [-0.2, 0) is 4.79 Å². The van der Waals surface area contributed by atoms with Crippen LogP contribution < -0.4 is 10.6 Å². The van der Waals surface area contributed by atoms with E-state index in [0.717, 1.165) is 16.9 Å². The highest BCUT2D eigenvalue weighted by molar-refractivity contribution is 7.14. The molecule has 4 nitrogen and oxygen atoms in total. The molecule has 3 rings (SSSR count). The van der Waals surface area contributed by atoms with Gasteiger partial charge in [0.1, 0.15) is 5.82 Å². The first-order valence-corrected chi connectivity index (χ1v) is 9.10. The van der Waals surface area contributed by atoms with Crippen molar-refractivity contribution in [3.63, 3.8) is 0 Å². The third kappa shape index (κ3) is 4.26. The van der Waals surface area contributed by atoms with Gasteiger partial charge in [-0.3, -0.25) is 4.79 Å². The Hall–Kier alpha value is -2.73. The molecule has 6 heteroatoms. The molecular weight excluding hydrogens is 349 g/mol. The summed E-state index contributed by atoms with van der Waals surface area (Å²) in [6.45, 7) is 5.61. The fourth-order valence-corrected chi connectivity index (χ4v) is 2.92. The smallest absolute Gasteiger partial charge is 0.229 e. The summed E-state index contributed by atoms with van der Waals surface area (Å²) in [6.07, 6.45) is 0. The molecule has 1 heterocycles. The number of carbonyl (C=O) groups is 1. The highest BCUT2D eigenvalue weighted by atomic mass is 32.1. The van der Waals surface area contributed by atoms with Crippen LogP contribution in [0.1, 0.15) is 20.8 Å². The van der Waals surface area contributed by atoms with E-state index >= 15 is 0 Å². The Balaban J connectivity index is 1.71. The number of rotatable bonds is 4. The average Bonchev–Trinajstić information content (AvgIpc) is 3.05. The number of amides is 1. The van der Waals surface area contributed by atoms with E-state index in [-0.39, 0.29) is 11.7 Å². The molecule has 0 bridgehead atoms. The SMILES string of the molecule is CC(C)(C)C(=O)Nc1ccc(-c2csc(Nc3ccccc3F)n2)cc1. The second kappa shape index (κ2) is 7.25. The fourth-order valence-electron chi connectivity index (χ4n) is 2.18. The predicted octanol–water partition coefficient (Wildman–Crippen LogP) is 5.68. The monoisotopic (exact) mass is 369 g/mol. The van der Waals surface area contributed by atoms with Gasteiger partial charge in [-0.2, -0.15) is 0 Å². The van der Waals surface area contributed by atoms with E-state index in [9.17, 15) is 9.18 Å². The molecule has 2 N–H and O–H groups in total. The molecule has 0 aliphatic carbocycles. The van der Waals surface area contributed by atoms with Crippen LogP contribution in [0, 0.1) is 11.2 Å². The van der Waals surface area contributed by atoms with Crippen molar-refractivity contribution in [2.75, 3.05) is 10.6 Å². The van der Waals surface area contributed by atoms with Crippen LogP contribution in [0.5, 0.6) is 0 Å². The van der Waals surface area contributed by atoms with Crippen molar-refractivity contribution in [3.8, 4) is 11.3 Å². The van der Waals surface area contributed by atoms with E-state index in [2.05, 4.69) is 15.6 Å². The Morgan fingerprint density at radius 2 is 1.77 bits per heavy atom. The summed E-state index contributed by atoms with van der Waals surface area (Å²) < 4.78 is 13.7. The van der Waals surface area contributed by atoms with Gasteiger partial charge in [0.2, 0.25) is 5.91 Å². The number of para-hydroxylation sites is 1. The summed E-state index contributed by atoms with van der Waals surface area (Å²) in [5, 5.41) is 8.41. The number of hydrogen-bond donors (Lipinski definition) is 2. The van der Waals surface area contributed by atoms with Crippen LogP contribution in [0.2, 0.25) is 0 Å². The molecule has 0 radical (unpaired) electrons. The normalized spacial score (nSPS) is 11.2. The van der Waals surface area contributed by atoms with Gasteiger partial charge in [0.15, 0.2) is 5.13 Å². The molecule has 0 atom stereocenters. The Kier molecular flexibility index (Phi) is 5.04. The minimum Gasteiger partial charge on any atom is -0.329 e. The first-order valence-electron chi connectivity index (χ1n) is 8.22. The highest BCUT2D eigenvalue weighted by Gasteiger charge is 2.21. The van der Waals surface area contributed by atoms with Crippen molar-refractivity contribution in [2.45, 2.75) is 20.8 Å². The quantitative estimate of drug-likeness (QED) is 0.622. The summed E-state index contributed by atoms with van der Waals surface area (Å²) in [7, 11) is 0. The Bertz CT molecular complexity index is 913. The molecule has 0 saturated heterocycles. The lowest BCUT2D eigenvalue weighted by Crippen LogP contribution is -2.27. The van der Waals surface area contributed by atoms with Crippen LogP contribution in [-0.4, -0.2) is 10.9 Å². The number of benzene rings is 2. The molecule has 2 aromatic carbocycles. The molecule has 0 unspecified atom stereocenters. The number of thiazole rings is 1. The van der Waals surface area contributed by atoms with E-state index < -0.39 is 5.41 Å². The Labute approximate surface area is 156 Å². The Morgan fingerprint density at radius 1 is 1.08 bits per heavy atom. The lowest BCUT2D eigenvalue weighted by Gasteiger charge is -2.17. The van der Waals surface area contributed by atoms with Crippen LogP contribution in [0.15, 0.2) is 53.9 Å². The Morgan fingerprint density at radius 3 is 2.42 bits per heavy atom. The highest BCUT2D eigenvalue weighted by Crippen LogP contribution is 2.29. The van der Waals surface area contributed by atoms with Crippen LogP contribution in [0.4, 0.5) is 20.9 Å². The van der Waals surface area contributed by atoms with Gasteiger partial charge >= 0.3 is 0 Å². The second-order valence-electron chi connectivity index (χ2n) is 6.92. The summed E-state index contributed by atoms with van der Waals surface area (Å²) >= 11 is 1.41. The summed E-state index contributed by atoms with van der Waals surface area (Å²) in [5.74, 6) is -0.349. The third-order valence-electron chi connectivity index (χ3n) is 3.74. The molecule has 3 aromatic rings. The van der Waals surface area contributed by atoms with Gasteiger partial charge in [-0.1, -0.05) is 45.0 Å². The number of carbonyl (C=O) groups excluding carboxylic acids is 1. The average molecular weight is 369 g/mol. The van der Waals surface area contributed by atoms with Crippen LogP contribution >= 0.6 is 11.3 Å². The van der Waals surface area contributed by atoms with Crippen molar-refractivity contribution in [2.24, 2.45) is 5.41 Å². The van der Waals surface area contributed by atoms with E-state index in [0.29, 0.717) is 10.8 Å². The van der Waals surface area contributed by atoms with Gasteiger partial charge in [0.25, 0.3) is 0 Å². The van der Waals surface area contributed by atoms with E-state index in [1.165, 1.54) is 17.4 Å². The minimum absolute atomic E-state index is 0.0321. The van der Waals surface area contributed by atoms with Crippen molar-refractivity contribution in [1.29, 1.82) is 0 Å². The molecule has 0 fully saturated rings. The maximum absolute atomic E-state index is 13.7. The number of halogens is 1.